The maximum atomic E-state index is 13.4. The van der Waals surface area contributed by atoms with Gasteiger partial charge in [-0.25, -0.2) is 17.6 Å². The first-order chi connectivity index (χ1) is 12.3. The molecule has 0 aromatic heterocycles. The van der Waals surface area contributed by atoms with Crippen LogP contribution in [0, 0.1) is 12.7 Å². The molecule has 7 heteroatoms. The van der Waals surface area contributed by atoms with E-state index in [9.17, 15) is 17.6 Å². The minimum atomic E-state index is -3.82. The first-order valence-electron chi connectivity index (χ1n) is 8.43. The quantitative estimate of drug-likeness (QED) is 0.757. The average molecular weight is 375 g/mol. The molecule has 1 spiro atoms. The number of hydrogen-bond acceptors (Lipinski definition) is 4. The summed E-state index contributed by atoms with van der Waals surface area (Å²) in [6.45, 7) is 1.97. The van der Waals surface area contributed by atoms with E-state index in [1.165, 1.54) is 16.4 Å². The summed E-state index contributed by atoms with van der Waals surface area (Å²) in [5.41, 5.74) is 0.631. The third-order valence-electron chi connectivity index (χ3n) is 5.10. The molecule has 0 saturated carbocycles. The lowest BCUT2D eigenvalue weighted by atomic mass is 9.86. The van der Waals surface area contributed by atoms with Crippen LogP contribution in [0.1, 0.15) is 34.3 Å². The van der Waals surface area contributed by atoms with Gasteiger partial charge in [-0.2, -0.15) is 4.31 Å². The number of benzene rings is 2. The van der Waals surface area contributed by atoms with Crippen molar-refractivity contribution in [3.8, 4) is 0 Å². The molecule has 2 aromatic carbocycles. The summed E-state index contributed by atoms with van der Waals surface area (Å²) in [6.07, 6.45) is 1.14. The molecule has 136 valence electrons. The molecule has 2 heterocycles. The Hall–Kier alpha value is -2.25. The third kappa shape index (κ3) is 2.54. The van der Waals surface area contributed by atoms with Crippen molar-refractivity contribution in [2.45, 2.75) is 30.3 Å². The van der Waals surface area contributed by atoms with Gasteiger partial charge in [0.15, 0.2) is 5.60 Å². The van der Waals surface area contributed by atoms with Crippen LogP contribution in [-0.4, -0.2) is 31.8 Å². The first-order valence-corrected chi connectivity index (χ1v) is 9.87. The Morgan fingerprint density at radius 2 is 1.96 bits per heavy atom. The molecule has 2 aromatic rings. The summed E-state index contributed by atoms with van der Waals surface area (Å²) in [4.78, 5) is 12.3. The van der Waals surface area contributed by atoms with E-state index in [1.807, 2.05) is 12.1 Å². The lowest BCUT2D eigenvalue weighted by Gasteiger charge is -2.39. The second kappa shape index (κ2) is 5.89. The number of aryl methyl sites for hydroxylation is 1. The summed E-state index contributed by atoms with van der Waals surface area (Å²) in [5, 5.41) is 0. The van der Waals surface area contributed by atoms with E-state index in [1.54, 1.807) is 19.1 Å². The Labute approximate surface area is 151 Å². The number of halogens is 1. The number of carbonyl (C=O) groups is 1. The Bertz CT molecular complexity index is 1000. The van der Waals surface area contributed by atoms with Crippen LogP contribution >= 0.6 is 0 Å². The fourth-order valence-corrected chi connectivity index (χ4v) is 5.61. The van der Waals surface area contributed by atoms with Gasteiger partial charge in [0.2, 0.25) is 10.0 Å². The largest absolute Gasteiger partial charge is 0.449 e. The number of fused-ring (bicyclic) bond motifs is 2. The van der Waals surface area contributed by atoms with Gasteiger partial charge in [0.05, 0.1) is 17.0 Å². The van der Waals surface area contributed by atoms with Crippen molar-refractivity contribution in [2.75, 3.05) is 13.1 Å². The minimum Gasteiger partial charge on any atom is -0.449 e. The molecule has 2 aliphatic heterocycles. The van der Waals surface area contributed by atoms with Crippen LogP contribution in [0.3, 0.4) is 0 Å². The topological polar surface area (TPSA) is 63.7 Å². The van der Waals surface area contributed by atoms with Crippen LogP contribution in [0.4, 0.5) is 4.39 Å². The number of nitrogens with zero attached hydrogens (tertiary/aromatic N) is 1. The molecule has 4 rings (SSSR count). The molecule has 1 unspecified atom stereocenters. The van der Waals surface area contributed by atoms with Crippen LogP contribution in [0.25, 0.3) is 0 Å². The first kappa shape index (κ1) is 17.2. The van der Waals surface area contributed by atoms with Crippen molar-refractivity contribution in [1.82, 2.24) is 4.31 Å². The second-order valence-corrected chi connectivity index (χ2v) is 8.69. The van der Waals surface area contributed by atoms with Gasteiger partial charge in [-0.15, -0.1) is 0 Å². The summed E-state index contributed by atoms with van der Waals surface area (Å²) < 4.78 is 46.6. The van der Waals surface area contributed by atoms with Crippen molar-refractivity contribution >= 4 is 16.0 Å². The predicted molar refractivity (Wildman–Crippen MR) is 92.7 cm³/mol. The van der Waals surface area contributed by atoms with Crippen molar-refractivity contribution in [3.05, 3.63) is 65.0 Å². The zero-order valence-corrected chi connectivity index (χ0v) is 15.1. The molecule has 26 heavy (non-hydrogen) atoms. The second-order valence-electron chi connectivity index (χ2n) is 6.78. The maximum Gasteiger partial charge on any atom is 0.339 e. The molecule has 2 aliphatic rings. The van der Waals surface area contributed by atoms with Gasteiger partial charge in [-0.3, -0.25) is 0 Å². The van der Waals surface area contributed by atoms with Crippen molar-refractivity contribution in [3.63, 3.8) is 0 Å². The SMILES string of the molecule is Cc1cc(F)ccc1S(=O)(=O)N1CCCC2(C1)OC(=O)c1ccccc12. The summed E-state index contributed by atoms with van der Waals surface area (Å²) >= 11 is 0. The van der Waals surface area contributed by atoms with Crippen LogP contribution in [-0.2, 0) is 20.4 Å². The fraction of sp³-hybridized carbons (Fsp3) is 0.316. The van der Waals surface area contributed by atoms with Crippen molar-refractivity contribution < 1.29 is 22.3 Å². The van der Waals surface area contributed by atoms with E-state index in [4.69, 9.17) is 4.74 Å². The highest BCUT2D eigenvalue weighted by atomic mass is 32.2. The molecule has 0 amide bonds. The monoisotopic (exact) mass is 375 g/mol. The normalized spacial score (nSPS) is 23.1. The van der Waals surface area contributed by atoms with Gasteiger partial charge in [0, 0.05) is 12.1 Å². The number of esters is 1. The number of carbonyl (C=O) groups excluding carboxylic acids is 1. The fourth-order valence-electron chi connectivity index (χ4n) is 3.88. The van der Waals surface area contributed by atoms with Gasteiger partial charge in [0.25, 0.3) is 0 Å². The predicted octanol–water partition coefficient (Wildman–Crippen LogP) is 2.98. The van der Waals surface area contributed by atoms with Crippen molar-refractivity contribution in [1.29, 1.82) is 0 Å². The van der Waals surface area contributed by atoms with E-state index in [0.717, 1.165) is 11.6 Å². The zero-order chi connectivity index (χ0) is 18.5. The molecule has 0 radical (unpaired) electrons. The Balaban J connectivity index is 1.73. The van der Waals surface area contributed by atoms with Crippen LogP contribution in [0.15, 0.2) is 47.4 Å². The number of ether oxygens (including phenoxy) is 1. The highest BCUT2D eigenvalue weighted by molar-refractivity contribution is 7.89. The molecule has 1 atom stereocenters. The van der Waals surface area contributed by atoms with E-state index in [2.05, 4.69) is 0 Å². The van der Waals surface area contributed by atoms with Gasteiger partial charge < -0.3 is 4.74 Å². The standard InChI is InChI=1S/C19H18FNO4S/c1-13-11-14(20)7-8-17(13)26(23,24)21-10-4-9-19(12-21)16-6-3-2-5-15(16)18(22)25-19/h2-3,5-8,11H,4,9-10,12H2,1H3. The third-order valence-corrected chi connectivity index (χ3v) is 7.11. The summed E-state index contributed by atoms with van der Waals surface area (Å²) in [7, 11) is -3.82. The average Bonchev–Trinajstić information content (AvgIpc) is 2.87. The summed E-state index contributed by atoms with van der Waals surface area (Å²) in [5.74, 6) is -0.895. The lowest BCUT2D eigenvalue weighted by molar-refractivity contribution is -0.0345. The number of hydrogen-bond donors (Lipinski definition) is 0. The molecule has 5 nitrogen and oxygen atoms in total. The Kier molecular flexibility index (Phi) is 3.89. The molecule has 0 N–H and O–H groups in total. The van der Waals surface area contributed by atoms with Gasteiger partial charge >= 0.3 is 5.97 Å². The van der Waals surface area contributed by atoms with E-state index in [0.29, 0.717) is 30.5 Å². The lowest BCUT2D eigenvalue weighted by Crippen LogP contribution is -2.48. The Morgan fingerprint density at radius 3 is 2.73 bits per heavy atom. The van der Waals surface area contributed by atoms with Gasteiger partial charge in [0.1, 0.15) is 5.82 Å². The van der Waals surface area contributed by atoms with Gasteiger partial charge in [-0.05, 0) is 49.6 Å². The molecule has 1 fully saturated rings. The summed E-state index contributed by atoms with van der Waals surface area (Å²) in [6, 6.07) is 10.7. The van der Waals surface area contributed by atoms with E-state index in [-0.39, 0.29) is 11.4 Å². The van der Waals surface area contributed by atoms with Crippen LogP contribution < -0.4 is 0 Å². The van der Waals surface area contributed by atoms with E-state index < -0.39 is 27.4 Å². The van der Waals surface area contributed by atoms with Crippen LogP contribution in [0.2, 0.25) is 0 Å². The molecule has 0 aliphatic carbocycles. The number of sulfonamides is 1. The highest BCUT2D eigenvalue weighted by Gasteiger charge is 2.50. The molecule has 1 saturated heterocycles. The number of rotatable bonds is 2. The zero-order valence-electron chi connectivity index (χ0n) is 14.2. The highest BCUT2D eigenvalue weighted by Crippen LogP contribution is 2.43. The van der Waals surface area contributed by atoms with Crippen LogP contribution in [0.5, 0.6) is 0 Å². The molecular weight excluding hydrogens is 357 g/mol. The smallest absolute Gasteiger partial charge is 0.339 e. The van der Waals surface area contributed by atoms with Gasteiger partial charge in [-0.1, -0.05) is 18.2 Å². The maximum absolute atomic E-state index is 13.4. The number of piperidine rings is 1. The minimum absolute atomic E-state index is 0.0644. The van der Waals surface area contributed by atoms with Crippen molar-refractivity contribution in [2.24, 2.45) is 0 Å². The Morgan fingerprint density at radius 1 is 1.19 bits per heavy atom. The molecular formula is C19H18FNO4S. The van der Waals surface area contributed by atoms with E-state index >= 15 is 0 Å². The molecule has 0 bridgehead atoms.